The lowest BCUT2D eigenvalue weighted by molar-refractivity contribution is -0.137. The van der Waals surface area contributed by atoms with Gasteiger partial charge in [-0.1, -0.05) is 18.5 Å². The Balaban J connectivity index is 2.50. The molecule has 0 aliphatic rings. The van der Waals surface area contributed by atoms with Crippen LogP contribution in [-0.2, 0) is 6.18 Å². The molecule has 0 aliphatic carbocycles. The van der Waals surface area contributed by atoms with E-state index in [1.165, 1.54) is 24.3 Å². The molecule has 2 rings (SSSR count). The first-order valence-electron chi connectivity index (χ1n) is 5.98. The van der Waals surface area contributed by atoms with Crippen LogP contribution in [0.25, 0.3) is 11.3 Å². The molecule has 1 N–H and O–H groups in total. The van der Waals surface area contributed by atoms with Crippen molar-refractivity contribution in [3.63, 3.8) is 0 Å². The number of aliphatic hydroxyl groups is 1. The van der Waals surface area contributed by atoms with E-state index in [2.05, 4.69) is 0 Å². The second-order valence-corrected chi connectivity index (χ2v) is 4.75. The summed E-state index contributed by atoms with van der Waals surface area (Å²) in [6.07, 6.45) is -4.94. The lowest BCUT2D eigenvalue weighted by Crippen LogP contribution is -2.06. The van der Waals surface area contributed by atoms with Crippen LogP contribution in [0.5, 0.6) is 0 Å². The van der Waals surface area contributed by atoms with E-state index >= 15 is 0 Å². The zero-order valence-electron chi connectivity index (χ0n) is 10.5. The number of hydrogen-bond acceptors (Lipinski definition) is 2. The molecule has 1 unspecified atom stereocenters. The lowest BCUT2D eigenvalue weighted by atomic mass is 10.1. The first-order chi connectivity index (χ1) is 9.32. The highest BCUT2D eigenvalue weighted by atomic mass is 35.5. The van der Waals surface area contributed by atoms with Crippen molar-refractivity contribution in [3.8, 4) is 11.3 Å². The third-order valence-electron chi connectivity index (χ3n) is 2.89. The maximum atomic E-state index is 13.0. The van der Waals surface area contributed by atoms with Gasteiger partial charge >= 0.3 is 6.18 Å². The highest BCUT2D eigenvalue weighted by Gasteiger charge is 2.34. The minimum Gasteiger partial charge on any atom is -0.458 e. The van der Waals surface area contributed by atoms with Crippen LogP contribution in [0.15, 0.2) is 34.7 Å². The molecule has 0 saturated carbocycles. The summed E-state index contributed by atoms with van der Waals surface area (Å²) < 4.78 is 44.3. The van der Waals surface area contributed by atoms with Crippen LogP contribution in [-0.4, -0.2) is 5.11 Å². The second-order valence-electron chi connectivity index (χ2n) is 4.31. The fourth-order valence-corrected chi connectivity index (χ4v) is 2.02. The smallest absolute Gasteiger partial charge is 0.417 e. The van der Waals surface area contributed by atoms with Crippen molar-refractivity contribution in [2.75, 3.05) is 0 Å². The van der Waals surface area contributed by atoms with Crippen molar-refractivity contribution >= 4 is 11.6 Å². The average Bonchev–Trinajstić information content (AvgIpc) is 2.86. The number of benzene rings is 1. The summed E-state index contributed by atoms with van der Waals surface area (Å²) in [6, 6.07) is 6.36. The quantitative estimate of drug-likeness (QED) is 0.859. The number of aliphatic hydroxyl groups excluding tert-OH is 1. The molecule has 6 heteroatoms. The Hall–Kier alpha value is -1.46. The Morgan fingerprint density at radius 1 is 1.25 bits per heavy atom. The van der Waals surface area contributed by atoms with Gasteiger partial charge < -0.3 is 9.52 Å². The molecular weight excluding hydrogens is 293 g/mol. The summed E-state index contributed by atoms with van der Waals surface area (Å²) in [6.45, 7) is 1.75. The Morgan fingerprint density at radius 3 is 2.55 bits per heavy atom. The lowest BCUT2D eigenvalue weighted by Gasteiger charge is -2.11. The van der Waals surface area contributed by atoms with E-state index in [4.69, 9.17) is 16.0 Å². The summed E-state index contributed by atoms with van der Waals surface area (Å²) in [5, 5.41) is 9.63. The van der Waals surface area contributed by atoms with Crippen molar-refractivity contribution in [2.24, 2.45) is 0 Å². The molecular formula is C14H12ClF3O2. The second kappa shape index (κ2) is 5.50. The molecule has 20 heavy (non-hydrogen) atoms. The van der Waals surface area contributed by atoms with Gasteiger partial charge in [0.2, 0.25) is 0 Å². The van der Waals surface area contributed by atoms with Gasteiger partial charge in [-0.25, -0.2) is 0 Å². The SMILES string of the molecule is CCC(O)c1ccc(-c2ccc(Cl)cc2C(F)(F)F)o1. The number of alkyl halides is 3. The predicted molar refractivity (Wildman–Crippen MR) is 69.4 cm³/mol. The Bertz CT molecular complexity index is 605. The van der Waals surface area contributed by atoms with Crippen LogP contribution in [0.4, 0.5) is 13.2 Å². The van der Waals surface area contributed by atoms with Gasteiger partial charge in [0.05, 0.1) is 5.56 Å². The van der Waals surface area contributed by atoms with Crippen molar-refractivity contribution < 1.29 is 22.7 Å². The fourth-order valence-electron chi connectivity index (χ4n) is 1.84. The molecule has 1 heterocycles. The molecule has 2 aromatic rings. The zero-order chi connectivity index (χ0) is 14.9. The summed E-state index contributed by atoms with van der Waals surface area (Å²) in [5.41, 5.74) is -0.964. The average molecular weight is 305 g/mol. The van der Waals surface area contributed by atoms with Crippen LogP contribution in [0.1, 0.15) is 30.8 Å². The minimum absolute atomic E-state index is 0.00134. The number of furan rings is 1. The molecule has 0 radical (unpaired) electrons. The molecule has 1 atom stereocenters. The van der Waals surface area contributed by atoms with Crippen LogP contribution < -0.4 is 0 Å². The Labute approximate surface area is 118 Å². The van der Waals surface area contributed by atoms with Gasteiger partial charge in [0.15, 0.2) is 0 Å². The summed E-state index contributed by atoms with van der Waals surface area (Å²) in [5.74, 6) is 0.294. The topological polar surface area (TPSA) is 33.4 Å². The molecule has 0 fully saturated rings. The molecule has 0 bridgehead atoms. The third-order valence-corrected chi connectivity index (χ3v) is 3.13. The Kier molecular flexibility index (Phi) is 4.11. The molecule has 0 aliphatic heterocycles. The molecule has 108 valence electrons. The van der Waals surface area contributed by atoms with Crippen LogP contribution in [0.3, 0.4) is 0 Å². The van der Waals surface area contributed by atoms with Gasteiger partial charge in [-0.3, -0.25) is 0 Å². The van der Waals surface area contributed by atoms with E-state index in [0.717, 1.165) is 6.07 Å². The highest BCUT2D eigenvalue weighted by Crippen LogP contribution is 2.39. The molecule has 2 nitrogen and oxygen atoms in total. The molecule has 0 amide bonds. The normalized spacial score (nSPS) is 13.5. The molecule has 1 aromatic carbocycles. The van der Waals surface area contributed by atoms with E-state index in [9.17, 15) is 18.3 Å². The van der Waals surface area contributed by atoms with E-state index in [1.54, 1.807) is 6.92 Å². The van der Waals surface area contributed by atoms with Gasteiger partial charge in [-0.2, -0.15) is 13.2 Å². The monoisotopic (exact) mass is 304 g/mol. The first-order valence-corrected chi connectivity index (χ1v) is 6.35. The summed E-state index contributed by atoms with van der Waals surface area (Å²) in [4.78, 5) is 0. The maximum absolute atomic E-state index is 13.0. The van der Waals surface area contributed by atoms with E-state index in [1.807, 2.05) is 0 Å². The number of hydrogen-bond donors (Lipinski definition) is 1. The van der Waals surface area contributed by atoms with Crippen molar-refractivity contribution in [1.82, 2.24) is 0 Å². The third kappa shape index (κ3) is 2.99. The van der Waals surface area contributed by atoms with E-state index < -0.39 is 17.8 Å². The summed E-state index contributed by atoms with van der Waals surface area (Å²) in [7, 11) is 0. The molecule has 0 saturated heterocycles. The van der Waals surface area contributed by atoms with Crippen molar-refractivity contribution in [3.05, 3.63) is 46.7 Å². The van der Waals surface area contributed by atoms with Gasteiger partial charge in [-0.15, -0.1) is 0 Å². The predicted octanol–water partition coefficient (Wildman–Crippen LogP) is 5.06. The van der Waals surface area contributed by atoms with Gasteiger partial charge in [0.25, 0.3) is 0 Å². The summed E-state index contributed by atoms with van der Waals surface area (Å²) >= 11 is 5.62. The first kappa shape index (κ1) is 14.9. The maximum Gasteiger partial charge on any atom is 0.417 e. The van der Waals surface area contributed by atoms with Gasteiger partial charge in [-0.05, 0) is 36.8 Å². The molecule has 1 aromatic heterocycles. The van der Waals surface area contributed by atoms with Crippen LogP contribution >= 0.6 is 11.6 Å². The number of rotatable bonds is 3. The van der Waals surface area contributed by atoms with Crippen molar-refractivity contribution in [2.45, 2.75) is 25.6 Å². The molecule has 0 spiro atoms. The van der Waals surface area contributed by atoms with E-state index in [0.29, 0.717) is 6.42 Å². The largest absolute Gasteiger partial charge is 0.458 e. The van der Waals surface area contributed by atoms with Crippen molar-refractivity contribution in [1.29, 1.82) is 0 Å². The minimum atomic E-state index is -4.53. The zero-order valence-corrected chi connectivity index (χ0v) is 11.3. The van der Waals surface area contributed by atoms with Gasteiger partial charge in [0, 0.05) is 10.6 Å². The highest BCUT2D eigenvalue weighted by molar-refractivity contribution is 6.30. The standard InChI is InChI=1S/C14H12ClF3O2/c1-2-11(19)13-6-5-12(20-13)9-4-3-8(15)7-10(9)14(16,17)18/h3-7,11,19H,2H2,1H3. The fraction of sp³-hybridized carbons (Fsp3) is 0.286. The van der Waals surface area contributed by atoms with Gasteiger partial charge in [0.1, 0.15) is 17.6 Å². The number of halogens is 4. The van der Waals surface area contributed by atoms with Crippen LogP contribution in [0, 0.1) is 0 Å². The van der Waals surface area contributed by atoms with Crippen LogP contribution in [0.2, 0.25) is 5.02 Å². The van der Waals surface area contributed by atoms with E-state index in [-0.39, 0.29) is 22.1 Å². The Morgan fingerprint density at radius 2 is 1.95 bits per heavy atom.